The number of amides is 1. The molecule has 0 saturated heterocycles. The summed E-state index contributed by atoms with van der Waals surface area (Å²) < 4.78 is 5.64. The lowest BCUT2D eigenvalue weighted by atomic mass is 10.1. The topological polar surface area (TPSA) is 71.5 Å². The lowest BCUT2D eigenvalue weighted by Gasteiger charge is -2.12. The van der Waals surface area contributed by atoms with Crippen molar-refractivity contribution in [2.24, 2.45) is 0 Å². The molecule has 1 aromatic heterocycles. The predicted molar refractivity (Wildman–Crippen MR) is 98.7 cm³/mol. The standard InChI is InChI=1S/C21H20N2O3/c24-19(17-9-5-2-6-10-17)14-23-21(25)18-11-12-22-20(13-18)26-15-16-7-3-1-4-8-16/h1-13,19,24H,14-15H2,(H,23,25). The lowest BCUT2D eigenvalue weighted by Crippen LogP contribution is -2.28. The Morgan fingerprint density at radius 2 is 1.73 bits per heavy atom. The molecule has 0 aliphatic rings. The fraction of sp³-hybridized carbons (Fsp3) is 0.143. The van der Waals surface area contributed by atoms with E-state index in [9.17, 15) is 9.90 Å². The second kappa shape index (κ2) is 8.78. The quantitative estimate of drug-likeness (QED) is 0.688. The maximum atomic E-state index is 12.3. The van der Waals surface area contributed by atoms with E-state index in [0.29, 0.717) is 18.1 Å². The third kappa shape index (κ3) is 4.91. The molecular formula is C21H20N2O3. The first-order chi connectivity index (χ1) is 12.7. The Bertz CT molecular complexity index is 838. The van der Waals surface area contributed by atoms with Gasteiger partial charge in [0.1, 0.15) is 6.61 Å². The zero-order chi connectivity index (χ0) is 18.2. The molecule has 0 radical (unpaired) electrons. The lowest BCUT2D eigenvalue weighted by molar-refractivity contribution is 0.0915. The monoisotopic (exact) mass is 348 g/mol. The van der Waals surface area contributed by atoms with Gasteiger partial charge in [-0.15, -0.1) is 0 Å². The van der Waals surface area contributed by atoms with Crippen molar-refractivity contribution in [3.05, 3.63) is 95.7 Å². The predicted octanol–water partition coefficient (Wildman–Crippen LogP) is 3.12. The number of benzene rings is 2. The van der Waals surface area contributed by atoms with Crippen LogP contribution in [0.1, 0.15) is 27.6 Å². The van der Waals surface area contributed by atoms with Gasteiger partial charge in [0.05, 0.1) is 6.10 Å². The molecule has 1 atom stereocenters. The van der Waals surface area contributed by atoms with Gasteiger partial charge < -0.3 is 15.2 Å². The molecule has 2 aromatic carbocycles. The smallest absolute Gasteiger partial charge is 0.251 e. The zero-order valence-corrected chi connectivity index (χ0v) is 14.2. The van der Waals surface area contributed by atoms with E-state index in [2.05, 4.69) is 10.3 Å². The van der Waals surface area contributed by atoms with Gasteiger partial charge in [0, 0.05) is 24.4 Å². The number of aromatic nitrogens is 1. The van der Waals surface area contributed by atoms with Crippen molar-refractivity contribution in [2.45, 2.75) is 12.7 Å². The van der Waals surface area contributed by atoms with Crippen molar-refractivity contribution >= 4 is 5.91 Å². The van der Waals surface area contributed by atoms with Crippen molar-refractivity contribution in [1.82, 2.24) is 10.3 Å². The Kier molecular flexibility index (Phi) is 5.96. The van der Waals surface area contributed by atoms with Gasteiger partial charge in [-0.05, 0) is 17.2 Å². The van der Waals surface area contributed by atoms with Gasteiger partial charge in [-0.3, -0.25) is 4.79 Å². The minimum Gasteiger partial charge on any atom is -0.473 e. The number of ether oxygens (including phenoxy) is 1. The number of rotatable bonds is 7. The van der Waals surface area contributed by atoms with Crippen molar-refractivity contribution in [3.63, 3.8) is 0 Å². The van der Waals surface area contributed by atoms with E-state index in [1.165, 1.54) is 6.20 Å². The van der Waals surface area contributed by atoms with Gasteiger partial charge in [0.15, 0.2) is 0 Å². The summed E-state index contributed by atoms with van der Waals surface area (Å²) in [6.07, 6.45) is 0.777. The van der Waals surface area contributed by atoms with E-state index in [1.807, 2.05) is 60.7 Å². The number of hydrogen-bond acceptors (Lipinski definition) is 4. The second-order valence-electron chi connectivity index (χ2n) is 5.79. The summed E-state index contributed by atoms with van der Waals surface area (Å²) in [5.74, 6) is 0.0945. The van der Waals surface area contributed by atoms with Crippen molar-refractivity contribution < 1.29 is 14.6 Å². The summed E-state index contributed by atoms with van der Waals surface area (Å²) in [4.78, 5) is 16.4. The van der Waals surface area contributed by atoms with E-state index in [-0.39, 0.29) is 12.5 Å². The van der Waals surface area contributed by atoms with E-state index < -0.39 is 6.10 Å². The van der Waals surface area contributed by atoms with Gasteiger partial charge in [0.2, 0.25) is 5.88 Å². The van der Waals surface area contributed by atoms with E-state index >= 15 is 0 Å². The molecule has 2 N–H and O–H groups in total. The average Bonchev–Trinajstić information content (AvgIpc) is 2.72. The summed E-state index contributed by atoms with van der Waals surface area (Å²) >= 11 is 0. The van der Waals surface area contributed by atoms with Crippen molar-refractivity contribution in [1.29, 1.82) is 0 Å². The van der Waals surface area contributed by atoms with Crippen LogP contribution in [0.25, 0.3) is 0 Å². The van der Waals surface area contributed by atoms with Gasteiger partial charge in [-0.25, -0.2) is 4.98 Å². The van der Waals surface area contributed by atoms with Crippen LogP contribution in [0.3, 0.4) is 0 Å². The molecule has 0 spiro atoms. The van der Waals surface area contributed by atoms with Crippen LogP contribution in [0, 0.1) is 0 Å². The molecule has 1 heterocycles. The molecule has 0 aliphatic heterocycles. The fourth-order valence-electron chi connectivity index (χ4n) is 2.45. The zero-order valence-electron chi connectivity index (χ0n) is 14.2. The SMILES string of the molecule is O=C(NCC(O)c1ccccc1)c1ccnc(OCc2ccccc2)c1. The minimum atomic E-state index is -0.754. The summed E-state index contributed by atoms with van der Waals surface area (Å²) in [5, 5.41) is 12.9. The molecule has 5 nitrogen and oxygen atoms in total. The molecule has 26 heavy (non-hydrogen) atoms. The minimum absolute atomic E-state index is 0.130. The molecule has 132 valence electrons. The molecule has 0 fully saturated rings. The Morgan fingerprint density at radius 1 is 1.04 bits per heavy atom. The number of pyridine rings is 1. The molecule has 0 bridgehead atoms. The van der Waals surface area contributed by atoms with Crippen LogP contribution < -0.4 is 10.1 Å². The third-order valence-corrected chi connectivity index (χ3v) is 3.87. The molecule has 3 aromatic rings. The number of hydrogen-bond donors (Lipinski definition) is 2. The van der Waals surface area contributed by atoms with E-state index in [0.717, 1.165) is 11.1 Å². The number of carbonyl (C=O) groups excluding carboxylic acids is 1. The van der Waals surface area contributed by atoms with Crippen LogP contribution in [0.5, 0.6) is 5.88 Å². The van der Waals surface area contributed by atoms with Gasteiger partial charge in [-0.2, -0.15) is 0 Å². The molecule has 5 heteroatoms. The van der Waals surface area contributed by atoms with Crippen LogP contribution >= 0.6 is 0 Å². The second-order valence-corrected chi connectivity index (χ2v) is 5.79. The number of aliphatic hydroxyl groups excluding tert-OH is 1. The van der Waals surface area contributed by atoms with Gasteiger partial charge in [-0.1, -0.05) is 60.7 Å². The van der Waals surface area contributed by atoms with E-state index in [1.54, 1.807) is 12.1 Å². The van der Waals surface area contributed by atoms with Crippen molar-refractivity contribution in [3.8, 4) is 5.88 Å². The average molecular weight is 348 g/mol. The number of carbonyl (C=O) groups is 1. The highest BCUT2D eigenvalue weighted by molar-refractivity contribution is 5.94. The first-order valence-corrected chi connectivity index (χ1v) is 8.36. The number of nitrogens with one attached hydrogen (secondary N) is 1. The van der Waals surface area contributed by atoms with Crippen LogP contribution in [-0.4, -0.2) is 22.5 Å². The summed E-state index contributed by atoms with van der Waals surface area (Å²) in [6.45, 7) is 0.511. The Labute approximate surface area is 152 Å². The molecule has 3 rings (SSSR count). The summed E-state index contributed by atoms with van der Waals surface area (Å²) in [7, 11) is 0. The van der Waals surface area contributed by atoms with Crippen LogP contribution in [0.15, 0.2) is 79.0 Å². The third-order valence-electron chi connectivity index (χ3n) is 3.87. The molecule has 1 unspecified atom stereocenters. The highest BCUT2D eigenvalue weighted by atomic mass is 16.5. The highest BCUT2D eigenvalue weighted by Gasteiger charge is 2.11. The number of aliphatic hydroxyl groups is 1. The maximum absolute atomic E-state index is 12.3. The summed E-state index contributed by atoms with van der Waals surface area (Å²) in [6, 6.07) is 22.1. The molecule has 0 saturated carbocycles. The van der Waals surface area contributed by atoms with Crippen LogP contribution in [-0.2, 0) is 6.61 Å². The highest BCUT2D eigenvalue weighted by Crippen LogP contribution is 2.13. The summed E-state index contributed by atoms with van der Waals surface area (Å²) in [5.41, 5.74) is 2.22. The molecular weight excluding hydrogens is 328 g/mol. The maximum Gasteiger partial charge on any atom is 0.251 e. The Hall–Kier alpha value is -3.18. The normalized spacial score (nSPS) is 11.6. The Balaban J connectivity index is 1.56. The first kappa shape index (κ1) is 17.6. The Morgan fingerprint density at radius 3 is 2.46 bits per heavy atom. The van der Waals surface area contributed by atoms with Gasteiger partial charge in [0.25, 0.3) is 5.91 Å². The first-order valence-electron chi connectivity index (χ1n) is 8.36. The van der Waals surface area contributed by atoms with Gasteiger partial charge >= 0.3 is 0 Å². The van der Waals surface area contributed by atoms with Crippen LogP contribution in [0.2, 0.25) is 0 Å². The molecule has 0 aliphatic carbocycles. The largest absolute Gasteiger partial charge is 0.473 e. The molecule has 1 amide bonds. The van der Waals surface area contributed by atoms with Crippen LogP contribution in [0.4, 0.5) is 0 Å². The number of nitrogens with zero attached hydrogens (tertiary/aromatic N) is 1. The van der Waals surface area contributed by atoms with E-state index in [4.69, 9.17) is 4.74 Å². The fourth-order valence-corrected chi connectivity index (χ4v) is 2.45. The van der Waals surface area contributed by atoms with Crippen molar-refractivity contribution in [2.75, 3.05) is 6.54 Å².